The number of nitro groups is 1. The van der Waals surface area contributed by atoms with Crippen LogP contribution in [0.25, 0.3) is 17.0 Å². The van der Waals surface area contributed by atoms with Gasteiger partial charge in [0.2, 0.25) is 0 Å². The Morgan fingerprint density at radius 3 is 2.58 bits per heavy atom. The highest BCUT2D eigenvalue weighted by Gasteiger charge is 2.22. The summed E-state index contributed by atoms with van der Waals surface area (Å²) < 4.78 is 0. The van der Waals surface area contributed by atoms with Crippen molar-refractivity contribution < 1.29 is 9.72 Å². The Labute approximate surface area is 228 Å². The normalized spacial score (nSPS) is 11.6. The second kappa shape index (κ2) is 13.1. The lowest BCUT2D eigenvalue weighted by atomic mass is 10.0. The fourth-order valence-electron chi connectivity index (χ4n) is 4.64. The average Bonchev–Trinajstić information content (AvgIpc) is 3.34. The van der Waals surface area contributed by atoms with Crippen LogP contribution in [0, 0.1) is 10.1 Å². The van der Waals surface area contributed by atoms with Crippen LogP contribution in [0.1, 0.15) is 54.1 Å². The van der Waals surface area contributed by atoms with Crippen LogP contribution in [0.15, 0.2) is 84.6 Å². The number of nitro benzene ring substituents is 1. The van der Waals surface area contributed by atoms with E-state index in [0.29, 0.717) is 19.5 Å². The maximum Gasteiger partial charge on any atom is 0.288 e. The smallest absolute Gasteiger partial charge is 0.288 e. The van der Waals surface area contributed by atoms with Crippen LogP contribution in [0.4, 0.5) is 5.69 Å². The molecule has 7 heteroatoms. The predicted molar refractivity (Wildman–Crippen MR) is 155 cm³/mol. The minimum atomic E-state index is -0.555. The van der Waals surface area contributed by atoms with Gasteiger partial charge in [0.05, 0.1) is 4.92 Å². The van der Waals surface area contributed by atoms with Gasteiger partial charge in [-0.1, -0.05) is 91.5 Å². The van der Waals surface area contributed by atoms with Crippen molar-refractivity contribution in [1.82, 2.24) is 9.88 Å². The molecule has 0 spiro atoms. The predicted octanol–water partition coefficient (Wildman–Crippen LogP) is 8.08. The topological polar surface area (TPSA) is 79.2 Å². The fourth-order valence-corrected chi connectivity index (χ4v) is 4.83. The molecule has 0 aliphatic heterocycles. The summed E-state index contributed by atoms with van der Waals surface area (Å²) >= 11 is 6.03. The van der Waals surface area contributed by atoms with Gasteiger partial charge in [-0.2, -0.15) is 0 Å². The Morgan fingerprint density at radius 2 is 1.82 bits per heavy atom. The number of amides is 1. The van der Waals surface area contributed by atoms with Crippen molar-refractivity contribution in [3.8, 4) is 0 Å². The van der Waals surface area contributed by atoms with Crippen molar-refractivity contribution in [3.05, 3.63) is 116 Å². The van der Waals surface area contributed by atoms with Crippen molar-refractivity contribution in [2.24, 2.45) is 0 Å². The third-order valence-corrected chi connectivity index (χ3v) is 6.99. The van der Waals surface area contributed by atoms with Gasteiger partial charge in [0.25, 0.3) is 11.6 Å². The molecule has 6 nitrogen and oxygen atoms in total. The number of aromatic nitrogens is 1. The number of hydrogen-bond acceptors (Lipinski definition) is 3. The standard InChI is InChI=1S/C31H32ClN3O3/c1-2-3-5-12-24(19-23-10-6-4-7-11-23)22-34(18-17-26-21-33-29-14-9-8-13-27(26)29)31(36)25-15-16-28(32)30(20-25)35(37)38/h4,6-11,13-16,19-21,33H,2-3,5,12,17-18,22H2,1H3/b24-19+. The molecular formula is C31H32ClN3O3. The molecule has 3 aromatic carbocycles. The third kappa shape index (κ3) is 6.90. The first-order chi connectivity index (χ1) is 18.5. The number of carbonyl (C=O) groups is 1. The highest BCUT2D eigenvalue weighted by atomic mass is 35.5. The number of nitrogens with zero attached hydrogens (tertiary/aromatic N) is 2. The summed E-state index contributed by atoms with van der Waals surface area (Å²) in [7, 11) is 0. The Bertz CT molecular complexity index is 1430. The maximum atomic E-state index is 13.8. The van der Waals surface area contributed by atoms with Gasteiger partial charge in [-0.25, -0.2) is 0 Å². The van der Waals surface area contributed by atoms with Crippen molar-refractivity contribution in [2.45, 2.75) is 39.0 Å². The van der Waals surface area contributed by atoms with E-state index in [0.717, 1.165) is 53.3 Å². The number of fused-ring (bicyclic) bond motifs is 1. The van der Waals surface area contributed by atoms with Crippen molar-refractivity contribution in [1.29, 1.82) is 0 Å². The highest BCUT2D eigenvalue weighted by molar-refractivity contribution is 6.32. The summed E-state index contributed by atoms with van der Waals surface area (Å²) in [4.78, 5) is 29.8. The molecule has 0 saturated carbocycles. The van der Waals surface area contributed by atoms with Gasteiger partial charge in [-0.15, -0.1) is 0 Å². The summed E-state index contributed by atoms with van der Waals surface area (Å²) in [5, 5.41) is 12.6. The molecule has 38 heavy (non-hydrogen) atoms. The lowest BCUT2D eigenvalue weighted by Crippen LogP contribution is -2.34. The van der Waals surface area contributed by atoms with E-state index >= 15 is 0 Å². The second-order valence-corrected chi connectivity index (χ2v) is 9.84. The number of halogens is 1. The zero-order valence-corrected chi connectivity index (χ0v) is 22.3. The number of benzene rings is 3. The zero-order valence-electron chi connectivity index (χ0n) is 21.5. The number of nitrogens with one attached hydrogen (secondary N) is 1. The molecule has 196 valence electrons. The first-order valence-electron chi connectivity index (χ1n) is 13.0. The number of rotatable bonds is 12. The number of para-hydroxylation sites is 1. The highest BCUT2D eigenvalue weighted by Crippen LogP contribution is 2.27. The van der Waals surface area contributed by atoms with Crippen molar-refractivity contribution in [2.75, 3.05) is 13.1 Å². The van der Waals surface area contributed by atoms with Gasteiger partial charge in [0.15, 0.2) is 0 Å². The monoisotopic (exact) mass is 529 g/mol. The van der Waals surface area contributed by atoms with Crippen LogP contribution in [-0.2, 0) is 6.42 Å². The Hall–Kier alpha value is -3.90. The molecule has 0 bridgehead atoms. The van der Waals surface area contributed by atoms with Crippen molar-refractivity contribution in [3.63, 3.8) is 0 Å². The molecule has 0 radical (unpaired) electrons. The lowest BCUT2D eigenvalue weighted by Gasteiger charge is -2.25. The van der Waals surface area contributed by atoms with Gasteiger partial charge in [-0.05, 0) is 48.6 Å². The SMILES string of the molecule is CCCCC/C(=C\c1ccccc1)CN(CCc1c[nH]c2ccccc12)C(=O)c1ccc(Cl)c([N+](=O)[O-])c1. The lowest BCUT2D eigenvalue weighted by molar-refractivity contribution is -0.384. The largest absolute Gasteiger partial charge is 0.361 e. The summed E-state index contributed by atoms with van der Waals surface area (Å²) in [6.07, 6.45) is 8.93. The third-order valence-electron chi connectivity index (χ3n) is 6.67. The quantitative estimate of drug-likeness (QED) is 0.114. The summed E-state index contributed by atoms with van der Waals surface area (Å²) in [5.74, 6) is -0.251. The Kier molecular flexibility index (Phi) is 9.33. The maximum absolute atomic E-state index is 13.8. The molecule has 0 saturated heterocycles. The van der Waals surface area contributed by atoms with E-state index in [2.05, 4.69) is 36.2 Å². The van der Waals surface area contributed by atoms with Crippen LogP contribution < -0.4 is 0 Å². The number of unbranched alkanes of at least 4 members (excludes halogenated alkanes) is 2. The molecule has 1 aromatic heterocycles. The Balaban J connectivity index is 1.65. The van der Waals surface area contributed by atoms with Gasteiger partial charge in [0, 0.05) is 41.8 Å². The van der Waals surface area contributed by atoms with Crippen molar-refractivity contribution >= 4 is 40.2 Å². The number of carbonyl (C=O) groups excluding carboxylic acids is 1. The summed E-state index contributed by atoms with van der Waals surface area (Å²) in [5.41, 5.74) is 4.41. The van der Waals surface area contributed by atoms with E-state index in [4.69, 9.17) is 11.6 Å². The molecule has 1 N–H and O–H groups in total. The Morgan fingerprint density at radius 1 is 1.05 bits per heavy atom. The summed E-state index contributed by atoms with van der Waals surface area (Å²) in [6, 6.07) is 22.5. The first kappa shape index (κ1) is 27.1. The minimum absolute atomic E-state index is 0.0149. The van der Waals surface area contributed by atoms with E-state index in [1.165, 1.54) is 12.1 Å². The average molecular weight is 530 g/mol. The number of hydrogen-bond donors (Lipinski definition) is 1. The molecule has 1 heterocycles. The molecule has 0 unspecified atom stereocenters. The number of H-pyrrole nitrogens is 1. The van der Waals surface area contributed by atoms with Crippen LogP contribution >= 0.6 is 11.6 Å². The molecule has 4 rings (SSSR count). The minimum Gasteiger partial charge on any atom is -0.361 e. The fraction of sp³-hybridized carbons (Fsp3) is 0.258. The molecule has 0 aliphatic carbocycles. The van der Waals surface area contributed by atoms with Gasteiger partial charge >= 0.3 is 0 Å². The molecule has 4 aromatic rings. The number of aromatic amines is 1. The van der Waals surface area contributed by atoms with E-state index in [1.54, 1.807) is 11.0 Å². The summed E-state index contributed by atoms with van der Waals surface area (Å²) in [6.45, 7) is 3.08. The van der Waals surface area contributed by atoms with Gasteiger partial charge in [-0.3, -0.25) is 14.9 Å². The molecule has 1 amide bonds. The molecular weight excluding hydrogens is 498 g/mol. The molecule has 0 aliphatic rings. The van der Waals surface area contributed by atoms with E-state index < -0.39 is 4.92 Å². The molecule has 0 atom stereocenters. The van der Waals surface area contributed by atoms with E-state index in [1.807, 2.05) is 42.6 Å². The second-order valence-electron chi connectivity index (χ2n) is 9.43. The zero-order chi connectivity index (χ0) is 26.9. The first-order valence-corrected chi connectivity index (χ1v) is 13.4. The molecule has 0 fully saturated rings. The van der Waals surface area contributed by atoms with E-state index in [-0.39, 0.29) is 22.2 Å². The van der Waals surface area contributed by atoms with Crippen LogP contribution in [0.5, 0.6) is 0 Å². The van der Waals surface area contributed by atoms with Crippen LogP contribution in [-0.4, -0.2) is 33.8 Å². The van der Waals surface area contributed by atoms with Gasteiger partial charge in [0.1, 0.15) is 5.02 Å². The van der Waals surface area contributed by atoms with Crippen LogP contribution in [0.2, 0.25) is 5.02 Å². The van der Waals surface area contributed by atoms with Gasteiger partial charge < -0.3 is 9.88 Å². The van der Waals surface area contributed by atoms with Crippen LogP contribution in [0.3, 0.4) is 0 Å². The van der Waals surface area contributed by atoms with E-state index in [9.17, 15) is 14.9 Å².